The first kappa shape index (κ1) is 25.4. The molecule has 2 N–H and O–H groups in total. The van der Waals surface area contributed by atoms with Crippen LogP contribution in [0.25, 0.3) is 0 Å². The molecule has 0 bridgehead atoms. The van der Waals surface area contributed by atoms with Gasteiger partial charge >= 0.3 is 12.1 Å². The molecule has 0 spiro atoms. The highest BCUT2D eigenvalue weighted by molar-refractivity contribution is 5.76. The number of carbonyl (C=O) groups excluding carboxylic acids is 1. The van der Waals surface area contributed by atoms with Crippen LogP contribution in [0, 0.1) is 25.7 Å². The number of nitrogens with zero attached hydrogens (tertiary/aromatic N) is 4. The van der Waals surface area contributed by atoms with Gasteiger partial charge in [0.1, 0.15) is 12.0 Å². The van der Waals surface area contributed by atoms with E-state index < -0.39 is 12.1 Å². The fourth-order valence-corrected chi connectivity index (χ4v) is 4.10. The molecule has 2 aromatic rings. The summed E-state index contributed by atoms with van der Waals surface area (Å²) in [5.74, 6) is -1.14. The summed E-state index contributed by atoms with van der Waals surface area (Å²) in [7, 11) is 0. The first-order valence-electron chi connectivity index (χ1n) is 10.7. The molecule has 2 fully saturated rings. The van der Waals surface area contributed by atoms with Crippen LogP contribution in [0.2, 0.25) is 0 Å². The molecule has 3 atom stereocenters. The average Bonchev–Trinajstić information content (AvgIpc) is 3.41. The molecule has 0 saturated carbocycles. The molecule has 2 saturated heterocycles. The van der Waals surface area contributed by atoms with Crippen molar-refractivity contribution in [2.75, 3.05) is 24.6 Å². The van der Waals surface area contributed by atoms with Gasteiger partial charge < -0.3 is 24.6 Å². The number of hydrogen-bond donors (Lipinski definition) is 2. The van der Waals surface area contributed by atoms with Gasteiger partial charge in [-0.05, 0) is 32.3 Å². The van der Waals surface area contributed by atoms with E-state index in [2.05, 4.69) is 25.3 Å². The molecule has 0 aliphatic carbocycles. The van der Waals surface area contributed by atoms with Crippen molar-refractivity contribution in [1.29, 1.82) is 0 Å². The predicted molar refractivity (Wildman–Crippen MR) is 112 cm³/mol. The number of carboxylic acids is 1. The number of nitrogens with one attached hydrogen (secondary N) is 1. The van der Waals surface area contributed by atoms with E-state index in [0.29, 0.717) is 31.4 Å². The summed E-state index contributed by atoms with van der Waals surface area (Å²) in [6.45, 7) is 6.84. The Morgan fingerprint density at radius 1 is 1.26 bits per heavy atom. The van der Waals surface area contributed by atoms with Gasteiger partial charge in [0.25, 0.3) is 0 Å². The minimum absolute atomic E-state index is 0.0104. The maximum Gasteiger partial charge on any atom is 0.490 e. The van der Waals surface area contributed by atoms with E-state index in [4.69, 9.17) is 19.2 Å². The van der Waals surface area contributed by atoms with Crippen LogP contribution in [0.3, 0.4) is 0 Å². The second-order valence-electron chi connectivity index (χ2n) is 8.26. The molecule has 0 aromatic carbocycles. The molecule has 13 heteroatoms. The van der Waals surface area contributed by atoms with Crippen molar-refractivity contribution in [3.05, 3.63) is 35.5 Å². The number of aromatic nitrogens is 3. The van der Waals surface area contributed by atoms with E-state index in [1.165, 1.54) is 6.26 Å². The van der Waals surface area contributed by atoms with E-state index in [1.54, 1.807) is 6.07 Å². The SMILES string of the molecule is Cc1cc(C)nc(N2CC[C@@H]3[C@@H](CO[C@H]3CC(=O)NCc3ccon3)C2)n1.O=C(O)C(F)(F)F. The second-order valence-corrected chi connectivity index (χ2v) is 8.26. The number of carboxylic acid groups (broad SMARTS) is 1. The third-order valence-corrected chi connectivity index (χ3v) is 5.63. The van der Waals surface area contributed by atoms with Crippen LogP contribution in [0.5, 0.6) is 0 Å². The fourth-order valence-electron chi connectivity index (χ4n) is 4.10. The summed E-state index contributed by atoms with van der Waals surface area (Å²) < 4.78 is 42.5. The van der Waals surface area contributed by atoms with Crippen molar-refractivity contribution in [2.24, 2.45) is 11.8 Å². The standard InChI is InChI=1S/C19H25N5O3.C2HF3O2/c1-12-7-13(2)22-19(21-12)24-5-3-16-14(10-24)11-26-17(16)8-18(25)20-9-15-4-6-27-23-15;3-2(4,5)1(6)7/h4,6-7,14,16-17H,3,5,8-11H2,1-2H3,(H,20,25);(H,6,7)/t14-,16-,17+;/m1./s1. The molecular weight excluding hydrogens is 459 g/mol. The van der Waals surface area contributed by atoms with Gasteiger partial charge in [-0.15, -0.1) is 0 Å². The van der Waals surface area contributed by atoms with E-state index >= 15 is 0 Å². The lowest BCUT2D eigenvalue weighted by atomic mass is 9.83. The number of halogens is 3. The quantitative estimate of drug-likeness (QED) is 0.655. The van der Waals surface area contributed by atoms with Crippen LogP contribution < -0.4 is 10.2 Å². The van der Waals surface area contributed by atoms with Crippen LogP contribution in [0.15, 0.2) is 22.9 Å². The van der Waals surface area contributed by atoms with E-state index in [1.807, 2.05) is 19.9 Å². The number of aliphatic carboxylic acids is 1. The first-order chi connectivity index (χ1) is 16.0. The molecule has 186 valence electrons. The Hall–Kier alpha value is -3.22. The lowest BCUT2D eigenvalue weighted by Crippen LogP contribution is -2.43. The Morgan fingerprint density at radius 2 is 1.94 bits per heavy atom. The third kappa shape index (κ3) is 6.89. The van der Waals surface area contributed by atoms with Crippen LogP contribution in [0.4, 0.5) is 19.1 Å². The number of rotatable bonds is 5. The first-order valence-corrected chi connectivity index (χ1v) is 10.7. The topological polar surface area (TPSA) is 131 Å². The van der Waals surface area contributed by atoms with Crippen molar-refractivity contribution in [3.8, 4) is 0 Å². The molecule has 2 aromatic heterocycles. The Morgan fingerprint density at radius 3 is 2.53 bits per heavy atom. The highest BCUT2D eigenvalue weighted by atomic mass is 19.4. The van der Waals surface area contributed by atoms with E-state index in [9.17, 15) is 18.0 Å². The molecule has 4 heterocycles. The van der Waals surface area contributed by atoms with Gasteiger partial charge in [-0.1, -0.05) is 5.16 Å². The number of fused-ring (bicyclic) bond motifs is 1. The summed E-state index contributed by atoms with van der Waals surface area (Å²) in [6, 6.07) is 3.73. The lowest BCUT2D eigenvalue weighted by molar-refractivity contribution is -0.192. The highest BCUT2D eigenvalue weighted by Gasteiger charge is 2.42. The number of piperidine rings is 1. The zero-order valence-electron chi connectivity index (χ0n) is 18.7. The molecule has 34 heavy (non-hydrogen) atoms. The lowest BCUT2D eigenvalue weighted by Gasteiger charge is -2.35. The Bertz CT molecular complexity index is 965. The minimum atomic E-state index is -5.08. The predicted octanol–water partition coefficient (Wildman–Crippen LogP) is 2.26. The Labute approximate surface area is 193 Å². The highest BCUT2D eigenvalue weighted by Crippen LogP contribution is 2.36. The molecule has 2 aliphatic heterocycles. The van der Waals surface area contributed by atoms with Crippen molar-refractivity contribution in [1.82, 2.24) is 20.4 Å². The molecule has 1 amide bonds. The summed E-state index contributed by atoms with van der Waals surface area (Å²) in [5.41, 5.74) is 2.70. The number of carbonyl (C=O) groups is 2. The van der Waals surface area contributed by atoms with Gasteiger partial charge in [0.2, 0.25) is 11.9 Å². The number of alkyl halides is 3. The van der Waals surface area contributed by atoms with Crippen LogP contribution in [-0.2, 0) is 20.9 Å². The maximum absolute atomic E-state index is 12.2. The van der Waals surface area contributed by atoms with E-state index in [-0.39, 0.29) is 12.0 Å². The largest absolute Gasteiger partial charge is 0.490 e. The normalized spacial score (nSPS) is 21.9. The Balaban J connectivity index is 0.000000406. The van der Waals surface area contributed by atoms with Gasteiger partial charge in [0.05, 0.1) is 25.7 Å². The zero-order chi connectivity index (χ0) is 24.9. The maximum atomic E-state index is 12.2. The second kappa shape index (κ2) is 10.8. The molecule has 4 rings (SSSR count). The summed E-state index contributed by atoms with van der Waals surface area (Å²) in [4.78, 5) is 32.6. The molecular formula is C21H26F3N5O5. The van der Waals surface area contributed by atoms with Gasteiger partial charge in [-0.3, -0.25) is 4.79 Å². The zero-order valence-corrected chi connectivity index (χ0v) is 18.7. The van der Waals surface area contributed by atoms with Crippen LogP contribution in [0.1, 0.15) is 29.9 Å². The van der Waals surface area contributed by atoms with Gasteiger partial charge in [0.15, 0.2) is 0 Å². The fraction of sp³-hybridized carbons (Fsp3) is 0.571. The number of hydrogen-bond acceptors (Lipinski definition) is 8. The summed E-state index contributed by atoms with van der Waals surface area (Å²) in [6.07, 6.45) is -2.23. The van der Waals surface area contributed by atoms with Gasteiger partial charge in [0, 0.05) is 36.5 Å². The number of ether oxygens (including phenoxy) is 1. The van der Waals surface area contributed by atoms with Crippen molar-refractivity contribution < 1.29 is 37.1 Å². The van der Waals surface area contributed by atoms with Crippen LogP contribution >= 0.6 is 0 Å². The Kier molecular flexibility index (Phi) is 8.07. The van der Waals surface area contributed by atoms with Crippen molar-refractivity contribution in [3.63, 3.8) is 0 Å². The van der Waals surface area contributed by atoms with Crippen molar-refractivity contribution >= 4 is 17.8 Å². The van der Waals surface area contributed by atoms with Crippen molar-refractivity contribution in [2.45, 2.75) is 45.5 Å². The number of aryl methyl sites for hydroxylation is 2. The monoisotopic (exact) mass is 485 g/mol. The molecule has 10 nitrogen and oxygen atoms in total. The number of anilines is 1. The third-order valence-electron chi connectivity index (χ3n) is 5.63. The molecule has 2 aliphatic rings. The summed E-state index contributed by atoms with van der Waals surface area (Å²) in [5, 5.41) is 13.8. The van der Waals surface area contributed by atoms with Gasteiger partial charge in [-0.2, -0.15) is 13.2 Å². The number of amides is 1. The molecule has 0 unspecified atom stereocenters. The average molecular weight is 485 g/mol. The van der Waals surface area contributed by atoms with Gasteiger partial charge in [-0.25, -0.2) is 14.8 Å². The smallest absolute Gasteiger partial charge is 0.475 e. The van der Waals surface area contributed by atoms with E-state index in [0.717, 1.165) is 42.5 Å². The molecule has 0 radical (unpaired) electrons. The minimum Gasteiger partial charge on any atom is -0.475 e. The van der Waals surface area contributed by atoms with Crippen LogP contribution in [-0.4, -0.2) is 64.1 Å². The summed E-state index contributed by atoms with van der Waals surface area (Å²) >= 11 is 0.